The van der Waals surface area contributed by atoms with Gasteiger partial charge in [0, 0.05) is 13.2 Å². The van der Waals surface area contributed by atoms with E-state index in [4.69, 9.17) is 10.2 Å². The number of unbranched alkanes of at least 4 members (excludes halogenated alkanes) is 12. The van der Waals surface area contributed by atoms with Crippen molar-refractivity contribution in [2.75, 3.05) is 13.2 Å². The van der Waals surface area contributed by atoms with Gasteiger partial charge in [0.2, 0.25) is 0 Å². The Morgan fingerprint density at radius 3 is 1.13 bits per heavy atom. The van der Waals surface area contributed by atoms with Crippen LogP contribution in [0.25, 0.3) is 0 Å². The smallest absolute Gasteiger partial charge is 0.0431 e. The van der Waals surface area contributed by atoms with Gasteiger partial charge in [-0.3, -0.25) is 0 Å². The van der Waals surface area contributed by atoms with E-state index in [1.54, 1.807) is 0 Å². The van der Waals surface area contributed by atoms with Gasteiger partial charge >= 0.3 is 0 Å². The van der Waals surface area contributed by atoms with E-state index in [1.807, 2.05) is 0 Å². The molecule has 0 aromatic rings. The van der Waals surface area contributed by atoms with Crippen LogP contribution in [0.2, 0.25) is 0 Å². The fraction of sp³-hybridized carbons (Fsp3) is 0.810. The van der Waals surface area contributed by atoms with Gasteiger partial charge in [-0.1, -0.05) is 75.7 Å². The second-order valence-corrected chi connectivity index (χ2v) is 6.45. The highest BCUT2D eigenvalue weighted by atomic mass is 16.3. The molecule has 0 fully saturated rings. The molecule has 23 heavy (non-hydrogen) atoms. The minimum atomic E-state index is 0.348. The minimum Gasteiger partial charge on any atom is -0.396 e. The molecule has 0 saturated carbocycles. The van der Waals surface area contributed by atoms with E-state index in [0.29, 0.717) is 13.2 Å². The lowest BCUT2D eigenvalue weighted by Crippen LogP contribution is -1.83. The van der Waals surface area contributed by atoms with E-state index >= 15 is 0 Å². The van der Waals surface area contributed by atoms with Gasteiger partial charge in [0.05, 0.1) is 0 Å². The molecule has 0 radical (unpaired) electrons. The summed E-state index contributed by atoms with van der Waals surface area (Å²) in [5, 5.41) is 17.4. The van der Waals surface area contributed by atoms with Crippen molar-refractivity contribution in [3.05, 3.63) is 24.3 Å². The van der Waals surface area contributed by atoms with Crippen molar-refractivity contribution in [1.82, 2.24) is 0 Å². The summed E-state index contributed by atoms with van der Waals surface area (Å²) < 4.78 is 0. The third-order valence-electron chi connectivity index (χ3n) is 4.16. The third-order valence-corrected chi connectivity index (χ3v) is 4.16. The average molecular weight is 325 g/mol. The predicted molar refractivity (Wildman–Crippen MR) is 102 cm³/mol. The van der Waals surface area contributed by atoms with Crippen molar-refractivity contribution in [2.45, 2.75) is 96.3 Å². The van der Waals surface area contributed by atoms with Crippen LogP contribution in [-0.4, -0.2) is 23.4 Å². The van der Waals surface area contributed by atoms with Crippen molar-refractivity contribution in [3.63, 3.8) is 0 Å². The zero-order chi connectivity index (χ0) is 16.8. The molecule has 0 aliphatic heterocycles. The maximum Gasteiger partial charge on any atom is 0.0431 e. The predicted octanol–water partition coefficient (Wildman–Crippen LogP) is 5.93. The molecule has 0 saturated heterocycles. The fourth-order valence-corrected chi connectivity index (χ4v) is 2.67. The molecule has 2 nitrogen and oxygen atoms in total. The Hall–Kier alpha value is -0.600. The summed E-state index contributed by atoms with van der Waals surface area (Å²) in [4.78, 5) is 0. The van der Waals surface area contributed by atoms with Crippen molar-refractivity contribution in [3.8, 4) is 0 Å². The van der Waals surface area contributed by atoms with E-state index in [-0.39, 0.29) is 0 Å². The van der Waals surface area contributed by atoms with Crippen LogP contribution in [0.4, 0.5) is 0 Å². The quantitative estimate of drug-likeness (QED) is 0.242. The number of hydrogen-bond acceptors (Lipinski definition) is 2. The first-order valence-electron chi connectivity index (χ1n) is 9.93. The van der Waals surface area contributed by atoms with Crippen LogP contribution in [0, 0.1) is 0 Å². The molecule has 0 spiro atoms. The minimum absolute atomic E-state index is 0.348. The molecule has 0 aromatic heterocycles. The number of allylic oxidation sites excluding steroid dienone is 4. The van der Waals surface area contributed by atoms with Crippen LogP contribution in [0.1, 0.15) is 96.3 Å². The number of aliphatic hydroxyl groups is 2. The average Bonchev–Trinajstić information content (AvgIpc) is 2.57. The zero-order valence-corrected chi connectivity index (χ0v) is 15.2. The Balaban J connectivity index is 3.14. The molecular weight excluding hydrogens is 284 g/mol. The van der Waals surface area contributed by atoms with Gasteiger partial charge in [-0.15, -0.1) is 0 Å². The summed E-state index contributed by atoms with van der Waals surface area (Å²) in [6.45, 7) is 0.696. The molecule has 0 rings (SSSR count). The summed E-state index contributed by atoms with van der Waals surface area (Å²) in [6.07, 6.45) is 27.4. The van der Waals surface area contributed by atoms with E-state index in [0.717, 1.165) is 19.3 Å². The van der Waals surface area contributed by atoms with E-state index in [9.17, 15) is 0 Å². The molecule has 0 heterocycles. The van der Waals surface area contributed by atoms with Gasteiger partial charge in [0.25, 0.3) is 0 Å². The van der Waals surface area contributed by atoms with Crippen molar-refractivity contribution in [2.24, 2.45) is 0 Å². The molecule has 2 N–H and O–H groups in total. The third kappa shape index (κ3) is 21.4. The van der Waals surface area contributed by atoms with Crippen LogP contribution < -0.4 is 0 Å². The largest absolute Gasteiger partial charge is 0.396 e. The highest BCUT2D eigenvalue weighted by molar-refractivity contribution is 4.92. The highest BCUT2D eigenvalue weighted by Crippen LogP contribution is 2.08. The maximum atomic E-state index is 8.69. The van der Waals surface area contributed by atoms with E-state index < -0.39 is 0 Å². The lowest BCUT2D eigenvalue weighted by atomic mass is 10.1. The SMILES string of the molecule is OCCCCCCCCC=CCC=CCCCCCCCCO. The second kappa shape index (κ2) is 21.4. The Bertz CT molecular complexity index is 233. The summed E-state index contributed by atoms with van der Waals surface area (Å²) in [6, 6.07) is 0. The number of aliphatic hydroxyl groups excluding tert-OH is 2. The molecule has 2 heteroatoms. The fourth-order valence-electron chi connectivity index (χ4n) is 2.67. The lowest BCUT2D eigenvalue weighted by molar-refractivity contribution is 0.282. The van der Waals surface area contributed by atoms with Gasteiger partial charge in [-0.25, -0.2) is 0 Å². The maximum absolute atomic E-state index is 8.69. The first-order valence-corrected chi connectivity index (χ1v) is 9.93. The van der Waals surface area contributed by atoms with Gasteiger partial charge in [0.15, 0.2) is 0 Å². The Labute approximate surface area is 144 Å². The molecule has 136 valence electrons. The molecule has 0 atom stereocenters. The van der Waals surface area contributed by atoms with Crippen LogP contribution in [0.3, 0.4) is 0 Å². The first-order chi connectivity index (χ1) is 11.4. The Morgan fingerprint density at radius 1 is 0.391 bits per heavy atom. The molecular formula is C21H40O2. The van der Waals surface area contributed by atoms with Gasteiger partial charge in [-0.05, 0) is 44.9 Å². The second-order valence-electron chi connectivity index (χ2n) is 6.45. The topological polar surface area (TPSA) is 40.5 Å². The normalized spacial score (nSPS) is 11.9. The zero-order valence-electron chi connectivity index (χ0n) is 15.2. The molecule has 0 unspecified atom stereocenters. The monoisotopic (exact) mass is 324 g/mol. The summed E-state index contributed by atoms with van der Waals surface area (Å²) in [5.74, 6) is 0. The van der Waals surface area contributed by atoms with Crippen molar-refractivity contribution < 1.29 is 10.2 Å². The van der Waals surface area contributed by atoms with Crippen LogP contribution >= 0.6 is 0 Å². The van der Waals surface area contributed by atoms with E-state index in [2.05, 4.69) is 24.3 Å². The van der Waals surface area contributed by atoms with Crippen LogP contribution in [0.5, 0.6) is 0 Å². The van der Waals surface area contributed by atoms with Crippen molar-refractivity contribution >= 4 is 0 Å². The summed E-state index contributed by atoms with van der Waals surface area (Å²) >= 11 is 0. The first kappa shape index (κ1) is 22.4. The molecule has 0 aliphatic rings. The van der Waals surface area contributed by atoms with E-state index in [1.165, 1.54) is 77.0 Å². The number of rotatable bonds is 18. The lowest BCUT2D eigenvalue weighted by Gasteiger charge is -1.98. The standard InChI is InChI=1S/C21H40O2/c22-20-18-16-14-12-10-8-6-4-2-1-3-5-7-9-11-13-15-17-19-21-23/h2-5,22-23H,1,6-21H2. The molecule has 0 aliphatic carbocycles. The molecule has 0 bridgehead atoms. The van der Waals surface area contributed by atoms with Crippen LogP contribution in [-0.2, 0) is 0 Å². The van der Waals surface area contributed by atoms with Crippen molar-refractivity contribution in [1.29, 1.82) is 0 Å². The summed E-state index contributed by atoms with van der Waals surface area (Å²) in [5.41, 5.74) is 0. The Kier molecular flexibility index (Phi) is 20.8. The van der Waals surface area contributed by atoms with Gasteiger partial charge in [0.1, 0.15) is 0 Å². The highest BCUT2D eigenvalue weighted by Gasteiger charge is 1.90. The van der Waals surface area contributed by atoms with Gasteiger partial charge in [-0.2, -0.15) is 0 Å². The van der Waals surface area contributed by atoms with Crippen LogP contribution in [0.15, 0.2) is 24.3 Å². The molecule has 0 amide bonds. The summed E-state index contributed by atoms with van der Waals surface area (Å²) in [7, 11) is 0. The van der Waals surface area contributed by atoms with Gasteiger partial charge < -0.3 is 10.2 Å². The Morgan fingerprint density at radius 2 is 0.739 bits per heavy atom. The molecule has 0 aromatic carbocycles. The number of hydrogen-bond donors (Lipinski definition) is 2.